The van der Waals surface area contributed by atoms with Crippen LogP contribution in [0.5, 0.6) is 0 Å². The molecule has 0 amide bonds. The van der Waals surface area contributed by atoms with E-state index in [1.54, 1.807) is 12.1 Å². The molecule has 0 fully saturated rings. The van der Waals surface area contributed by atoms with Crippen LogP contribution in [0.2, 0.25) is 0 Å². The van der Waals surface area contributed by atoms with Gasteiger partial charge >= 0.3 is 0 Å². The highest BCUT2D eigenvalue weighted by Gasteiger charge is 2.17. The van der Waals surface area contributed by atoms with Gasteiger partial charge in [-0.3, -0.25) is 10.1 Å². The van der Waals surface area contributed by atoms with Gasteiger partial charge in [-0.05, 0) is 19.1 Å². The van der Waals surface area contributed by atoms with Crippen LogP contribution in [-0.4, -0.2) is 25.0 Å². The van der Waals surface area contributed by atoms with E-state index in [-0.39, 0.29) is 12.3 Å². The number of nitrogens with zero attached hydrogens (tertiary/aromatic N) is 4. The molecular formula is C16H14N4O3. The van der Waals surface area contributed by atoms with Crippen LogP contribution in [0, 0.1) is 17.0 Å². The summed E-state index contributed by atoms with van der Waals surface area (Å²) >= 11 is 0. The van der Waals surface area contributed by atoms with E-state index in [2.05, 4.69) is 10.3 Å². The molecule has 0 atom stereocenters. The molecule has 7 heteroatoms. The number of non-ortho nitro benzene ring substituents is 1. The van der Waals surface area contributed by atoms with Crippen LogP contribution in [0.4, 0.5) is 5.69 Å². The van der Waals surface area contributed by atoms with Crippen molar-refractivity contribution in [2.24, 2.45) is 0 Å². The molecule has 0 unspecified atom stereocenters. The van der Waals surface area contributed by atoms with Crippen LogP contribution in [-0.2, 0) is 6.61 Å². The third-order valence-corrected chi connectivity index (χ3v) is 3.47. The van der Waals surface area contributed by atoms with Crippen LogP contribution in [0.3, 0.4) is 0 Å². The van der Waals surface area contributed by atoms with Crippen molar-refractivity contribution in [3.63, 3.8) is 0 Å². The predicted molar refractivity (Wildman–Crippen MR) is 84.1 cm³/mol. The second-order valence-corrected chi connectivity index (χ2v) is 5.10. The van der Waals surface area contributed by atoms with E-state index in [1.807, 2.05) is 31.2 Å². The Morgan fingerprint density at radius 1 is 1.22 bits per heavy atom. The predicted octanol–water partition coefficient (Wildman–Crippen LogP) is 2.64. The van der Waals surface area contributed by atoms with E-state index in [4.69, 9.17) is 0 Å². The normalized spacial score (nSPS) is 10.7. The molecule has 23 heavy (non-hydrogen) atoms. The maximum atomic E-state index is 11.0. The Bertz CT molecular complexity index is 873. The molecule has 2 aromatic carbocycles. The minimum Gasteiger partial charge on any atom is -0.390 e. The van der Waals surface area contributed by atoms with Crippen molar-refractivity contribution in [2.45, 2.75) is 13.5 Å². The standard InChI is InChI=1S/C16H14N4O3/c1-11-4-2-5-12(8-11)16-15(10-21)17-18-19(16)13-6-3-7-14(9-13)20(22)23/h2-9,21H,10H2,1H3. The second-order valence-electron chi connectivity index (χ2n) is 5.10. The molecule has 7 nitrogen and oxygen atoms in total. The Kier molecular flexibility index (Phi) is 3.86. The lowest BCUT2D eigenvalue weighted by Crippen LogP contribution is -2.01. The Morgan fingerprint density at radius 3 is 2.70 bits per heavy atom. The number of nitro benzene ring substituents is 1. The van der Waals surface area contributed by atoms with Crippen LogP contribution in [0.25, 0.3) is 16.9 Å². The van der Waals surface area contributed by atoms with Gasteiger partial charge in [0.1, 0.15) is 11.4 Å². The molecule has 0 saturated carbocycles. The lowest BCUT2D eigenvalue weighted by molar-refractivity contribution is -0.384. The lowest BCUT2D eigenvalue weighted by Gasteiger charge is -2.08. The van der Waals surface area contributed by atoms with Crippen molar-refractivity contribution >= 4 is 5.69 Å². The fourth-order valence-corrected chi connectivity index (χ4v) is 2.42. The highest BCUT2D eigenvalue weighted by molar-refractivity contribution is 5.65. The van der Waals surface area contributed by atoms with Crippen molar-refractivity contribution in [1.29, 1.82) is 0 Å². The van der Waals surface area contributed by atoms with Gasteiger partial charge in [0.25, 0.3) is 5.69 Å². The van der Waals surface area contributed by atoms with Crippen molar-refractivity contribution in [1.82, 2.24) is 15.0 Å². The Balaban J connectivity index is 2.20. The quantitative estimate of drug-likeness (QED) is 0.590. The number of rotatable bonds is 4. The molecule has 116 valence electrons. The topological polar surface area (TPSA) is 94.1 Å². The molecule has 3 aromatic rings. The summed E-state index contributed by atoms with van der Waals surface area (Å²) in [5, 5.41) is 28.5. The summed E-state index contributed by atoms with van der Waals surface area (Å²) in [7, 11) is 0. The first-order valence-corrected chi connectivity index (χ1v) is 6.97. The molecule has 0 saturated heterocycles. The smallest absolute Gasteiger partial charge is 0.271 e. The van der Waals surface area contributed by atoms with Gasteiger partial charge in [-0.25, -0.2) is 4.68 Å². The van der Waals surface area contributed by atoms with E-state index in [1.165, 1.54) is 16.8 Å². The van der Waals surface area contributed by atoms with Gasteiger partial charge in [-0.2, -0.15) is 0 Å². The van der Waals surface area contributed by atoms with Gasteiger partial charge in [-0.1, -0.05) is 35.0 Å². The zero-order chi connectivity index (χ0) is 16.4. The highest BCUT2D eigenvalue weighted by Crippen LogP contribution is 2.27. The molecular weight excluding hydrogens is 296 g/mol. The summed E-state index contributed by atoms with van der Waals surface area (Å²) in [5.74, 6) is 0. The Hall–Kier alpha value is -3.06. The SMILES string of the molecule is Cc1cccc(-c2c(CO)nnn2-c2cccc([N+](=O)[O-])c2)c1. The number of aliphatic hydroxyl groups is 1. The van der Waals surface area contributed by atoms with Gasteiger partial charge in [-0.15, -0.1) is 5.10 Å². The number of nitro groups is 1. The zero-order valence-corrected chi connectivity index (χ0v) is 12.4. The summed E-state index contributed by atoms with van der Waals surface area (Å²) in [4.78, 5) is 10.5. The number of hydrogen-bond donors (Lipinski definition) is 1. The second kappa shape index (κ2) is 5.98. The Labute approximate surface area is 132 Å². The number of aryl methyl sites for hydroxylation is 1. The fourth-order valence-electron chi connectivity index (χ4n) is 2.42. The minimum atomic E-state index is -0.459. The van der Waals surface area contributed by atoms with E-state index >= 15 is 0 Å². The average molecular weight is 310 g/mol. The monoisotopic (exact) mass is 310 g/mol. The summed E-state index contributed by atoms with van der Waals surface area (Å²) in [6, 6.07) is 13.8. The molecule has 0 aliphatic heterocycles. The minimum absolute atomic E-state index is 0.0289. The molecule has 0 aliphatic carbocycles. The van der Waals surface area contributed by atoms with Crippen molar-refractivity contribution in [3.05, 3.63) is 69.9 Å². The summed E-state index contributed by atoms with van der Waals surface area (Å²) < 4.78 is 1.51. The van der Waals surface area contributed by atoms with E-state index in [9.17, 15) is 15.2 Å². The van der Waals surface area contributed by atoms with Crippen LogP contribution < -0.4 is 0 Å². The van der Waals surface area contributed by atoms with Crippen molar-refractivity contribution in [3.8, 4) is 16.9 Å². The van der Waals surface area contributed by atoms with E-state index < -0.39 is 4.92 Å². The third-order valence-electron chi connectivity index (χ3n) is 3.47. The van der Waals surface area contributed by atoms with Crippen LogP contribution in [0.15, 0.2) is 48.5 Å². The summed E-state index contributed by atoms with van der Waals surface area (Å²) in [6.07, 6.45) is 0. The maximum absolute atomic E-state index is 11.0. The number of hydrogen-bond acceptors (Lipinski definition) is 5. The number of benzene rings is 2. The van der Waals surface area contributed by atoms with E-state index in [0.29, 0.717) is 17.1 Å². The molecule has 3 rings (SSSR count). The van der Waals surface area contributed by atoms with Gasteiger partial charge in [0.05, 0.1) is 17.2 Å². The average Bonchev–Trinajstić information content (AvgIpc) is 2.99. The van der Waals surface area contributed by atoms with E-state index in [0.717, 1.165) is 11.1 Å². The fraction of sp³-hybridized carbons (Fsp3) is 0.125. The number of aliphatic hydroxyl groups excluding tert-OH is 1. The maximum Gasteiger partial charge on any atom is 0.271 e. The summed E-state index contributed by atoms with van der Waals surface area (Å²) in [6.45, 7) is 1.70. The highest BCUT2D eigenvalue weighted by atomic mass is 16.6. The van der Waals surface area contributed by atoms with Crippen LogP contribution >= 0.6 is 0 Å². The molecule has 1 aromatic heterocycles. The third kappa shape index (κ3) is 2.82. The molecule has 0 aliphatic rings. The first-order chi connectivity index (χ1) is 11.1. The molecule has 0 radical (unpaired) electrons. The van der Waals surface area contributed by atoms with Gasteiger partial charge in [0.15, 0.2) is 0 Å². The summed E-state index contributed by atoms with van der Waals surface area (Å²) in [5.41, 5.74) is 3.42. The van der Waals surface area contributed by atoms with Gasteiger partial charge < -0.3 is 5.11 Å². The van der Waals surface area contributed by atoms with Crippen molar-refractivity contribution < 1.29 is 10.0 Å². The van der Waals surface area contributed by atoms with Gasteiger partial charge in [0.2, 0.25) is 0 Å². The first kappa shape index (κ1) is 14.9. The Morgan fingerprint density at radius 2 is 2.00 bits per heavy atom. The molecule has 0 spiro atoms. The largest absolute Gasteiger partial charge is 0.390 e. The lowest BCUT2D eigenvalue weighted by atomic mass is 10.1. The molecule has 1 N–H and O–H groups in total. The molecule has 1 heterocycles. The number of aromatic nitrogens is 3. The van der Waals surface area contributed by atoms with Crippen LogP contribution in [0.1, 0.15) is 11.3 Å². The van der Waals surface area contributed by atoms with Crippen molar-refractivity contribution in [2.75, 3.05) is 0 Å². The zero-order valence-electron chi connectivity index (χ0n) is 12.4. The van der Waals surface area contributed by atoms with Gasteiger partial charge in [0, 0.05) is 17.7 Å². The molecule has 0 bridgehead atoms. The first-order valence-electron chi connectivity index (χ1n) is 6.97.